The van der Waals surface area contributed by atoms with Gasteiger partial charge in [-0.15, -0.1) is 11.3 Å². The van der Waals surface area contributed by atoms with Crippen LogP contribution in [0.3, 0.4) is 0 Å². The van der Waals surface area contributed by atoms with Crippen molar-refractivity contribution in [2.45, 2.75) is 44.3 Å². The van der Waals surface area contributed by atoms with Gasteiger partial charge in [0.1, 0.15) is 10.9 Å². The third kappa shape index (κ3) is 5.07. The largest absolute Gasteiger partial charge is 0.395 e. The first-order valence-electron chi connectivity index (χ1n) is 10.7. The molecular formula is C23H25N5O3S2. The van der Waals surface area contributed by atoms with Crippen LogP contribution in [0, 0.1) is 0 Å². The molecule has 1 fully saturated rings. The number of nitrogens with two attached hydrogens (primary N) is 2. The van der Waals surface area contributed by atoms with Crippen LogP contribution < -0.4 is 16.8 Å². The molecule has 0 spiro atoms. The van der Waals surface area contributed by atoms with Crippen LogP contribution in [0.1, 0.15) is 62.3 Å². The van der Waals surface area contributed by atoms with E-state index in [4.69, 9.17) is 11.5 Å². The number of primary amides is 1. The van der Waals surface area contributed by atoms with Gasteiger partial charge in [-0.3, -0.25) is 14.4 Å². The van der Waals surface area contributed by atoms with Gasteiger partial charge < -0.3 is 21.7 Å². The van der Waals surface area contributed by atoms with Crippen LogP contribution in [0.4, 0.5) is 5.69 Å². The van der Waals surface area contributed by atoms with E-state index in [1.54, 1.807) is 0 Å². The van der Waals surface area contributed by atoms with Crippen molar-refractivity contribution in [2.24, 2.45) is 5.73 Å². The highest BCUT2D eigenvalue weighted by molar-refractivity contribution is 7.10. The Kier molecular flexibility index (Phi) is 7.05. The number of amides is 3. The molecule has 4 rings (SSSR count). The maximum Gasteiger partial charge on any atom is 0.270 e. The van der Waals surface area contributed by atoms with Gasteiger partial charge in [0.05, 0.1) is 5.69 Å². The summed E-state index contributed by atoms with van der Waals surface area (Å²) in [6.45, 7) is 0.184. The van der Waals surface area contributed by atoms with Gasteiger partial charge in [0.15, 0.2) is 5.69 Å². The van der Waals surface area contributed by atoms with Gasteiger partial charge in [0.2, 0.25) is 5.91 Å². The minimum Gasteiger partial charge on any atom is -0.395 e. The van der Waals surface area contributed by atoms with Crippen molar-refractivity contribution >= 4 is 46.3 Å². The molecule has 10 heteroatoms. The summed E-state index contributed by atoms with van der Waals surface area (Å²) >= 11 is 2.23. The van der Waals surface area contributed by atoms with Crippen molar-refractivity contribution in [3.8, 4) is 0 Å². The second kappa shape index (κ2) is 10.1. The molecule has 0 saturated heterocycles. The number of anilines is 1. The fraction of sp³-hybridized carbons (Fsp3) is 0.304. The molecule has 33 heavy (non-hydrogen) atoms. The molecule has 0 aliphatic heterocycles. The zero-order chi connectivity index (χ0) is 23.4. The van der Waals surface area contributed by atoms with E-state index in [1.165, 1.54) is 16.2 Å². The van der Waals surface area contributed by atoms with Gasteiger partial charge in [0.25, 0.3) is 11.8 Å². The maximum atomic E-state index is 13.8. The van der Waals surface area contributed by atoms with Crippen molar-refractivity contribution in [3.05, 3.63) is 68.9 Å². The Hall–Kier alpha value is -3.24. The highest BCUT2D eigenvalue weighted by atomic mass is 32.1. The molecule has 1 atom stereocenters. The maximum absolute atomic E-state index is 13.8. The van der Waals surface area contributed by atoms with Crippen molar-refractivity contribution in [3.63, 3.8) is 0 Å². The SMILES string of the molecule is NC(=O)c1nsc(C(=O)N(Cc2ccccc2)C(C(=O)NC2CCCC2)c2cccs2)c1N. The predicted molar refractivity (Wildman–Crippen MR) is 129 cm³/mol. The molecule has 1 aliphatic carbocycles. The number of benzene rings is 1. The van der Waals surface area contributed by atoms with Crippen LogP contribution >= 0.6 is 22.9 Å². The molecule has 8 nitrogen and oxygen atoms in total. The van der Waals surface area contributed by atoms with Gasteiger partial charge in [-0.2, -0.15) is 4.37 Å². The van der Waals surface area contributed by atoms with Crippen molar-refractivity contribution in [1.29, 1.82) is 0 Å². The number of rotatable bonds is 8. The third-order valence-corrected chi connectivity index (χ3v) is 7.46. The summed E-state index contributed by atoms with van der Waals surface area (Å²) in [7, 11) is 0. The highest BCUT2D eigenvalue weighted by Crippen LogP contribution is 2.32. The summed E-state index contributed by atoms with van der Waals surface area (Å²) < 4.78 is 3.97. The van der Waals surface area contributed by atoms with Gasteiger partial charge in [-0.25, -0.2) is 0 Å². The Morgan fingerprint density at radius 1 is 1.12 bits per heavy atom. The van der Waals surface area contributed by atoms with E-state index in [2.05, 4.69) is 9.69 Å². The minimum atomic E-state index is -0.850. The highest BCUT2D eigenvalue weighted by Gasteiger charge is 2.36. The molecule has 3 aromatic rings. The molecule has 1 aliphatic rings. The monoisotopic (exact) mass is 483 g/mol. The summed E-state index contributed by atoms with van der Waals surface area (Å²) in [5, 5.41) is 5.01. The quantitative estimate of drug-likeness (QED) is 0.452. The Bertz CT molecular complexity index is 1120. The number of thiophene rings is 1. The molecule has 1 unspecified atom stereocenters. The number of nitrogens with zero attached hydrogens (tertiary/aromatic N) is 2. The summed E-state index contributed by atoms with van der Waals surface area (Å²) in [5.41, 5.74) is 12.1. The number of carbonyl (C=O) groups excluding carboxylic acids is 3. The molecule has 172 valence electrons. The lowest BCUT2D eigenvalue weighted by Gasteiger charge is -2.31. The second-order valence-corrected chi connectivity index (χ2v) is 9.72. The summed E-state index contributed by atoms with van der Waals surface area (Å²) in [4.78, 5) is 41.3. The molecular weight excluding hydrogens is 458 g/mol. The lowest BCUT2D eigenvalue weighted by molar-refractivity contribution is -0.126. The zero-order valence-corrected chi connectivity index (χ0v) is 19.5. The fourth-order valence-corrected chi connectivity index (χ4v) is 5.64. The number of nitrogens with one attached hydrogen (secondary N) is 1. The molecule has 0 bridgehead atoms. The van der Waals surface area contributed by atoms with Crippen LogP contribution in [0.25, 0.3) is 0 Å². The van der Waals surface area contributed by atoms with E-state index < -0.39 is 17.9 Å². The summed E-state index contributed by atoms with van der Waals surface area (Å²) in [6, 6.07) is 12.4. The van der Waals surface area contributed by atoms with E-state index >= 15 is 0 Å². The lowest BCUT2D eigenvalue weighted by atomic mass is 10.1. The smallest absolute Gasteiger partial charge is 0.270 e. The molecule has 2 aromatic heterocycles. The predicted octanol–water partition coefficient (Wildman–Crippen LogP) is 3.33. The molecule has 0 radical (unpaired) electrons. The third-order valence-electron chi connectivity index (χ3n) is 5.69. The van der Waals surface area contributed by atoms with Crippen LogP contribution in [0.5, 0.6) is 0 Å². The number of carbonyl (C=O) groups is 3. The van der Waals surface area contributed by atoms with Crippen LogP contribution in [0.2, 0.25) is 0 Å². The van der Waals surface area contributed by atoms with Gasteiger partial charge in [-0.05, 0) is 41.4 Å². The number of nitrogen functional groups attached to an aromatic ring is 1. The van der Waals surface area contributed by atoms with Crippen LogP contribution in [-0.4, -0.2) is 33.0 Å². The van der Waals surface area contributed by atoms with Crippen molar-refractivity contribution in [1.82, 2.24) is 14.6 Å². The van der Waals surface area contributed by atoms with Gasteiger partial charge >= 0.3 is 0 Å². The Morgan fingerprint density at radius 3 is 2.45 bits per heavy atom. The topological polar surface area (TPSA) is 131 Å². The summed E-state index contributed by atoms with van der Waals surface area (Å²) in [5.74, 6) is -1.50. The Morgan fingerprint density at radius 2 is 1.85 bits per heavy atom. The minimum absolute atomic E-state index is 0.0586. The van der Waals surface area contributed by atoms with E-state index in [0.717, 1.165) is 47.7 Å². The van der Waals surface area contributed by atoms with Crippen LogP contribution in [0.15, 0.2) is 47.8 Å². The standard InChI is InChI=1S/C23H25N5O3S2/c24-17-18(21(25)29)27-33-20(17)23(31)28(13-14-7-2-1-3-8-14)19(16-11-6-12-32-16)22(30)26-15-9-4-5-10-15/h1-3,6-8,11-12,15,19H,4-5,9-10,13,24H2,(H2,25,29)(H,26,30). The first kappa shape index (κ1) is 22.9. The average molecular weight is 484 g/mol. The summed E-state index contributed by atoms with van der Waals surface area (Å²) in [6.07, 6.45) is 4.02. The van der Waals surface area contributed by atoms with Crippen molar-refractivity contribution < 1.29 is 14.4 Å². The Labute approximate surface area is 199 Å². The van der Waals surface area contributed by atoms with Gasteiger partial charge in [0, 0.05) is 17.5 Å². The second-order valence-electron chi connectivity index (χ2n) is 7.96. The molecule has 2 heterocycles. The number of hydrogen-bond acceptors (Lipinski definition) is 7. The molecule has 3 amide bonds. The Balaban J connectivity index is 1.74. The number of hydrogen-bond donors (Lipinski definition) is 3. The number of aromatic nitrogens is 1. The van der Waals surface area contributed by atoms with E-state index in [1.807, 2.05) is 47.8 Å². The normalized spacial score (nSPS) is 14.7. The first-order valence-corrected chi connectivity index (χ1v) is 12.3. The van der Waals surface area contributed by atoms with Gasteiger partial charge in [-0.1, -0.05) is 49.2 Å². The van der Waals surface area contributed by atoms with E-state index in [0.29, 0.717) is 0 Å². The fourth-order valence-electron chi connectivity index (χ4n) is 4.04. The van der Waals surface area contributed by atoms with E-state index in [9.17, 15) is 14.4 Å². The van der Waals surface area contributed by atoms with Crippen LogP contribution in [-0.2, 0) is 11.3 Å². The molecule has 1 aromatic carbocycles. The van der Waals surface area contributed by atoms with E-state index in [-0.39, 0.29) is 34.8 Å². The first-order chi connectivity index (χ1) is 16.0. The molecule has 1 saturated carbocycles. The molecule has 5 N–H and O–H groups in total. The zero-order valence-electron chi connectivity index (χ0n) is 17.9. The lowest BCUT2D eigenvalue weighted by Crippen LogP contribution is -2.45. The average Bonchev–Trinajstić information content (AvgIpc) is 3.56. The van der Waals surface area contributed by atoms with Crippen molar-refractivity contribution in [2.75, 3.05) is 5.73 Å².